The lowest BCUT2D eigenvalue weighted by Gasteiger charge is -2.23. The van der Waals surface area contributed by atoms with E-state index in [-0.39, 0.29) is 12.4 Å². The minimum absolute atomic E-state index is 0.0348. The number of hydrogen-bond acceptors (Lipinski definition) is 6. The van der Waals surface area contributed by atoms with Crippen molar-refractivity contribution in [2.24, 2.45) is 22.2 Å². The van der Waals surface area contributed by atoms with Gasteiger partial charge in [-0.1, -0.05) is 18.2 Å². The van der Waals surface area contributed by atoms with E-state index in [0.717, 1.165) is 16.5 Å². The molecule has 3 atom stereocenters. The van der Waals surface area contributed by atoms with Gasteiger partial charge in [-0.3, -0.25) is 14.6 Å². The number of aromatic amines is 1. The first-order chi connectivity index (χ1) is 16.2. The molecule has 12 heteroatoms. The van der Waals surface area contributed by atoms with Crippen LogP contribution in [0.1, 0.15) is 24.8 Å². The van der Waals surface area contributed by atoms with Crippen molar-refractivity contribution in [2.75, 3.05) is 18.6 Å². The number of carboxylic acid groups (broad SMARTS) is 1. The van der Waals surface area contributed by atoms with Crippen LogP contribution >= 0.6 is 11.8 Å². The normalized spacial score (nSPS) is 13.6. The number of carbonyl (C=O) groups is 3. The molecule has 0 bridgehead atoms. The summed E-state index contributed by atoms with van der Waals surface area (Å²) in [5.41, 5.74) is 18.1. The number of nitrogens with zero attached hydrogens (tertiary/aromatic N) is 1. The third-order valence-corrected chi connectivity index (χ3v) is 5.91. The number of aliphatic imine (C=N–C) groups is 1. The number of nitrogens with two attached hydrogens (primary N) is 3. The number of para-hydroxylation sites is 1. The Kier molecular flexibility index (Phi) is 10.7. The molecule has 0 radical (unpaired) electrons. The Balaban J connectivity index is 2.03. The summed E-state index contributed by atoms with van der Waals surface area (Å²) in [5, 5.41) is 15.8. The Morgan fingerprint density at radius 1 is 1.12 bits per heavy atom. The summed E-state index contributed by atoms with van der Waals surface area (Å²) in [6.45, 7) is 0.341. The van der Waals surface area contributed by atoms with E-state index in [1.165, 1.54) is 11.8 Å². The summed E-state index contributed by atoms with van der Waals surface area (Å²) in [6.07, 6.45) is 4.87. The van der Waals surface area contributed by atoms with Crippen LogP contribution in [0.4, 0.5) is 0 Å². The van der Waals surface area contributed by atoms with Crippen molar-refractivity contribution in [1.82, 2.24) is 15.6 Å². The number of aromatic nitrogens is 1. The Hall–Kier alpha value is -3.25. The van der Waals surface area contributed by atoms with Crippen LogP contribution in [0.3, 0.4) is 0 Å². The molecule has 2 rings (SSSR count). The van der Waals surface area contributed by atoms with Crippen LogP contribution in [-0.4, -0.2) is 70.5 Å². The first-order valence-corrected chi connectivity index (χ1v) is 12.3. The van der Waals surface area contributed by atoms with Gasteiger partial charge >= 0.3 is 5.97 Å². The molecule has 0 aliphatic carbocycles. The van der Waals surface area contributed by atoms with E-state index in [1.807, 2.05) is 30.5 Å². The van der Waals surface area contributed by atoms with Gasteiger partial charge in [0.05, 0.1) is 6.04 Å². The second-order valence-electron chi connectivity index (χ2n) is 7.86. The van der Waals surface area contributed by atoms with E-state index in [4.69, 9.17) is 17.2 Å². The molecule has 0 saturated carbocycles. The molecule has 0 unspecified atom stereocenters. The molecule has 1 aromatic heterocycles. The summed E-state index contributed by atoms with van der Waals surface area (Å²) in [6, 6.07) is 4.61. The number of fused-ring (bicyclic) bond motifs is 1. The summed E-state index contributed by atoms with van der Waals surface area (Å²) < 4.78 is 0. The van der Waals surface area contributed by atoms with Gasteiger partial charge in [0.2, 0.25) is 11.8 Å². The van der Waals surface area contributed by atoms with Crippen molar-refractivity contribution in [3.63, 3.8) is 0 Å². The predicted molar refractivity (Wildman–Crippen MR) is 134 cm³/mol. The second-order valence-corrected chi connectivity index (χ2v) is 8.85. The van der Waals surface area contributed by atoms with E-state index in [0.29, 0.717) is 31.6 Å². The minimum atomic E-state index is -1.16. The molecule has 0 fully saturated rings. The predicted octanol–water partition coefficient (Wildman–Crippen LogP) is -0.101. The number of carboxylic acids is 1. The van der Waals surface area contributed by atoms with Crippen LogP contribution in [0, 0.1) is 0 Å². The maximum absolute atomic E-state index is 13.0. The van der Waals surface area contributed by atoms with Gasteiger partial charge in [0.15, 0.2) is 5.96 Å². The second kappa shape index (κ2) is 13.5. The highest BCUT2D eigenvalue weighted by atomic mass is 32.2. The van der Waals surface area contributed by atoms with E-state index < -0.39 is 35.9 Å². The summed E-state index contributed by atoms with van der Waals surface area (Å²) in [4.78, 5) is 44.3. The van der Waals surface area contributed by atoms with Crippen molar-refractivity contribution >= 4 is 46.4 Å². The van der Waals surface area contributed by atoms with Crippen molar-refractivity contribution in [2.45, 2.75) is 43.8 Å². The molecule has 1 heterocycles. The molecule has 10 N–H and O–H groups in total. The van der Waals surface area contributed by atoms with Crippen molar-refractivity contribution in [1.29, 1.82) is 0 Å². The molecule has 0 spiro atoms. The molecule has 2 amide bonds. The molecule has 11 nitrogen and oxygen atoms in total. The first kappa shape index (κ1) is 27.0. The molecule has 2 aromatic rings. The van der Waals surface area contributed by atoms with Crippen LogP contribution < -0.4 is 27.8 Å². The monoisotopic (exact) mass is 491 g/mol. The van der Waals surface area contributed by atoms with Gasteiger partial charge in [0.1, 0.15) is 12.1 Å². The van der Waals surface area contributed by atoms with Crippen LogP contribution in [0.5, 0.6) is 0 Å². The standard InChI is InChI=1S/C22H33N7O4S/c1-34-10-8-17(28-19(30)15(23)6-4-9-26-22(24)25)20(31)29-18(21(32)33)11-13-12-27-16-7-3-2-5-14(13)16/h2-3,5,7,12,15,17-18,27H,4,6,8-11,23H2,1H3,(H,28,30)(H,29,31)(H,32,33)(H4,24,25,26)/t15-,17-,18-/m0/s1. The minimum Gasteiger partial charge on any atom is -0.480 e. The third-order valence-electron chi connectivity index (χ3n) is 5.26. The zero-order valence-electron chi connectivity index (χ0n) is 19.1. The fraction of sp³-hybridized carbons (Fsp3) is 0.455. The van der Waals surface area contributed by atoms with Crippen molar-refractivity contribution in [3.05, 3.63) is 36.0 Å². The number of H-pyrrole nitrogens is 1. The average molecular weight is 492 g/mol. The van der Waals surface area contributed by atoms with E-state index in [2.05, 4.69) is 20.6 Å². The lowest BCUT2D eigenvalue weighted by molar-refractivity contribution is -0.142. The maximum atomic E-state index is 13.0. The zero-order chi connectivity index (χ0) is 25.1. The summed E-state index contributed by atoms with van der Waals surface area (Å²) in [7, 11) is 0. The Morgan fingerprint density at radius 2 is 1.82 bits per heavy atom. The number of nitrogens with one attached hydrogen (secondary N) is 3. The Labute approximate surface area is 202 Å². The SMILES string of the molecule is CSCC[C@H](NC(=O)[C@@H](N)CCCN=C(N)N)C(=O)N[C@@H](Cc1c[nH]c2ccccc12)C(=O)O. The number of benzene rings is 1. The summed E-state index contributed by atoms with van der Waals surface area (Å²) in [5.74, 6) is -1.66. The number of hydrogen-bond donors (Lipinski definition) is 7. The highest BCUT2D eigenvalue weighted by Gasteiger charge is 2.28. The van der Waals surface area contributed by atoms with E-state index >= 15 is 0 Å². The molecule has 34 heavy (non-hydrogen) atoms. The molecular weight excluding hydrogens is 458 g/mol. The lowest BCUT2D eigenvalue weighted by atomic mass is 10.0. The van der Waals surface area contributed by atoms with Crippen molar-refractivity contribution < 1.29 is 19.5 Å². The van der Waals surface area contributed by atoms with E-state index in [1.54, 1.807) is 6.20 Å². The fourth-order valence-corrected chi connectivity index (χ4v) is 3.90. The molecule has 0 aliphatic rings. The topological polar surface area (TPSA) is 202 Å². The van der Waals surface area contributed by atoms with Crippen LogP contribution in [-0.2, 0) is 20.8 Å². The number of aliphatic carboxylic acids is 1. The maximum Gasteiger partial charge on any atom is 0.326 e. The van der Waals surface area contributed by atoms with E-state index in [9.17, 15) is 19.5 Å². The number of rotatable bonds is 14. The number of amides is 2. The molecule has 0 saturated heterocycles. The van der Waals surface area contributed by atoms with Crippen LogP contribution in [0.25, 0.3) is 10.9 Å². The lowest BCUT2D eigenvalue weighted by Crippen LogP contribution is -2.55. The van der Waals surface area contributed by atoms with Crippen LogP contribution in [0.15, 0.2) is 35.5 Å². The number of carbonyl (C=O) groups excluding carboxylic acids is 2. The Bertz CT molecular complexity index is 1010. The Morgan fingerprint density at radius 3 is 2.50 bits per heavy atom. The van der Waals surface area contributed by atoms with Gasteiger partial charge in [-0.05, 0) is 42.9 Å². The van der Waals surface area contributed by atoms with Crippen LogP contribution in [0.2, 0.25) is 0 Å². The van der Waals surface area contributed by atoms with Gasteiger partial charge < -0.3 is 37.9 Å². The first-order valence-electron chi connectivity index (χ1n) is 10.9. The molecule has 186 valence electrons. The number of guanidine groups is 1. The highest BCUT2D eigenvalue weighted by Crippen LogP contribution is 2.19. The smallest absolute Gasteiger partial charge is 0.326 e. The van der Waals surface area contributed by atoms with Gasteiger partial charge in [0.25, 0.3) is 0 Å². The zero-order valence-corrected chi connectivity index (χ0v) is 19.9. The molecule has 0 aliphatic heterocycles. The average Bonchev–Trinajstić information content (AvgIpc) is 3.21. The van der Waals surface area contributed by atoms with Gasteiger partial charge in [-0.15, -0.1) is 0 Å². The molecule has 1 aromatic carbocycles. The largest absolute Gasteiger partial charge is 0.480 e. The highest BCUT2D eigenvalue weighted by molar-refractivity contribution is 7.98. The summed E-state index contributed by atoms with van der Waals surface area (Å²) >= 11 is 1.51. The third kappa shape index (κ3) is 8.27. The quantitative estimate of drug-likeness (QED) is 0.108. The van der Waals surface area contributed by atoms with Gasteiger partial charge in [-0.2, -0.15) is 11.8 Å². The molecular formula is C22H33N7O4S. The fourth-order valence-electron chi connectivity index (χ4n) is 3.43. The number of thioether (sulfide) groups is 1. The van der Waals surface area contributed by atoms with Gasteiger partial charge in [-0.25, -0.2) is 4.79 Å². The van der Waals surface area contributed by atoms with Crippen molar-refractivity contribution in [3.8, 4) is 0 Å². The van der Waals surface area contributed by atoms with Gasteiger partial charge in [0, 0.05) is 30.1 Å².